The molecule has 0 unspecified atom stereocenters. The van der Waals surface area contributed by atoms with Crippen LogP contribution in [-0.4, -0.2) is 58.2 Å². The smallest absolute Gasteiger partial charge is 0.303 e. The molecule has 1 fully saturated rings. The van der Waals surface area contributed by atoms with Gasteiger partial charge in [-0.15, -0.1) is 0 Å². The van der Waals surface area contributed by atoms with E-state index in [1.54, 1.807) is 43.6 Å². The van der Waals surface area contributed by atoms with Crippen LogP contribution in [0.2, 0.25) is 10.0 Å². The maximum atomic E-state index is 15.3. The van der Waals surface area contributed by atoms with Gasteiger partial charge in [0.2, 0.25) is 11.8 Å². The first kappa shape index (κ1) is 34.0. The van der Waals surface area contributed by atoms with Gasteiger partial charge in [-0.25, -0.2) is 14.4 Å². The topological polar surface area (TPSA) is 150 Å². The number of carbonyl (C=O) groups excluding carboxylic acids is 1. The average molecular weight is 683 g/mol. The van der Waals surface area contributed by atoms with Gasteiger partial charge in [0.25, 0.3) is 0 Å². The number of ether oxygens (including phenoxy) is 1. The van der Waals surface area contributed by atoms with Crippen molar-refractivity contribution in [3.63, 3.8) is 0 Å². The van der Waals surface area contributed by atoms with Crippen molar-refractivity contribution >= 4 is 46.6 Å². The van der Waals surface area contributed by atoms with Gasteiger partial charge in [0.05, 0.1) is 34.2 Å². The summed E-state index contributed by atoms with van der Waals surface area (Å²) in [5.41, 5.74) is 3.75. The van der Waals surface area contributed by atoms with Crippen molar-refractivity contribution in [2.75, 3.05) is 25.5 Å². The van der Waals surface area contributed by atoms with Crippen LogP contribution in [0.4, 0.5) is 15.9 Å². The highest BCUT2D eigenvalue weighted by Gasteiger charge is 2.21. The quantitative estimate of drug-likeness (QED) is 0.0985. The van der Waals surface area contributed by atoms with E-state index in [2.05, 4.69) is 31.2 Å². The number of pyridine rings is 3. The molecule has 11 nitrogen and oxygen atoms in total. The van der Waals surface area contributed by atoms with Crippen LogP contribution in [0.25, 0.3) is 22.5 Å². The van der Waals surface area contributed by atoms with E-state index >= 15 is 4.39 Å². The molecule has 47 heavy (non-hydrogen) atoms. The number of aliphatic carboxylic acids is 1. The Kier molecular flexibility index (Phi) is 11.5. The summed E-state index contributed by atoms with van der Waals surface area (Å²) in [4.78, 5) is 35.5. The molecule has 5 rings (SSSR count). The zero-order valence-corrected chi connectivity index (χ0v) is 27.1. The predicted molar refractivity (Wildman–Crippen MR) is 178 cm³/mol. The second kappa shape index (κ2) is 16.0. The molecule has 1 saturated heterocycles. The molecule has 3 aromatic heterocycles. The fraction of sp³-hybridized carbons (Fsp3) is 0.303. The lowest BCUT2D eigenvalue weighted by Gasteiger charge is -2.16. The third-order valence-electron chi connectivity index (χ3n) is 7.62. The second-order valence-corrected chi connectivity index (χ2v) is 11.7. The highest BCUT2D eigenvalue weighted by Crippen LogP contribution is 2.40. The minimum atomic E-state index is -0.876. The van der Waals surface area contributed by atoms with Gasteiger partial charge >= 0.3 is 5.97 Å². The number of anilines is 2. The number of halogens is 3. The standard InChI is InChI=1S/C33H34Cl2FN7O4/c1-47-33-20(17-38-18-21-8-10-26(44)41-21)7-9-24(43-33)22-12-15-39-31(29(22)35)23-4-2-5-25(28(23)34)42-32-30(36)19(11-14-40-32)16-37-13-3-6-27(45)46/h2,4-5,7,9,11-12,14-15,21,37-38H,3,6,8,10,13,16-18H2,1H3,(H,40,42)(H,41,44)(H,45,46)/t21-/m1/s1. The lowest BCUT2D eigenvalue weighted by Crippen LogP contribution is -2.35. The van der Waals surface area contributed by atoms with Gasteiger partial charge in [-0.1, -0.05) is 41.4 Å². The van der Waals surface area contributed by atoms with E-state index in [-0.39, 0.29) is 35.8 Å². The van der Waals surface area contributed by atoms with Crippen LogP contribution >= 0.6 is 23.2 Å². The molecule has 4 heterocycles. The molecule has 4 aromatic rings. The van der Waals surface area contributed by atoms with Crippen molar-refractivity contribution in [1.82, 2.24) is 30.9 Å². The van der Waals surface area contributed by atoms with Crippen molar-refractivity contribution in [2.24, 2.45) is 0 Å². The maximum absolute atomic E-state index is 15.3. The number of methoxy groups -OCH3 is 1. The molecule has 1 aromatic carbocycles. The van der Waals surface area contributed by atoms with E-state index in [4.69, 9.17) is 38.0 Å². The third kappa shape index (κ3) is 8.52. The van der Waals surface area contributed by atoms with Gasteiger partial charge in [0.1, 0.15) is 0 Å². The molecular weight excluding hydrogens is 648 g/mol. The van der Waals surface area contributed by atoms with Crippen molar-refractivity contribution in [2.45, 2.75) is 44.8 Å². The molecule has 1 amide bonds. The summed E-state index contributed by atoms with van der Waals surface area (Å²) < 4.78 is 20.9. The van der Waals surface area contributed by atoms with E-state index in [9.17, 15) is 9.59 Å². The van der Waals surface area contributed by atoms with Gasteiger partial charge in [0, 0.05) is 73.2 Å². The largest absolute Gasteiger partial charge is 0.481 e. The van der Waals surface area contributed by atoms with Gasteiger partial charge in [0.15, 0.2) is 11.6 Å². The molecule has 0 aliphatic carbocycles. The van der Waals surface area contributed by atoms with Gasteiger partial charge in [-0.3, -0.25) is 14.6 Å². The Morgan fingerprint density at radius 2 is 1.85 bits per heavy atom. The average Bonchev–Trinajstić information content (AvgIpc) is 3.48. The minimum absolute atomic E-state index is 0.0134. The van der Waals surface area contributed by atoms with Crippen LogP contribution in [0, 0.1) is 5.82 Å². The van der Waals surface area contributed by atoms with Crippen LogP contribution in [0.1, 0.15) is 36.8 Å². The Morgan fingerprint density at radius 1 is 1.04 bits per heavy atom. The lowest BCUT2D eigenvalue weighted by atomic mass is 10.1. The summed E-state index contributed by atoms with van der Waals surface area (Å²) in [5.74, 6) is -0.926. The van der Waals surface area contributed by atoms with Gasteiger partial charge in [-0.2, -0.15) is 0 Å². The maximum Gasteiger partial charge on any atom is 0.303 e. The Labute approximate surface area is 281 Å². The Balaban J connectivity index is 1.32. The highest BCUT2D eigenvalue weighted by molar-refractivity contribution is 6.39. The number of carboxylic acid groups (broad SMARTS) is 1. The van der Waals surface area contributed by atoms with E-state index in [0.29, 0.717) is 77.1 Å². The fourth-order valence-corrected chi connectivity index (χ4v) is 5.78. The monoisotopic (exact) mass is 681 g/mol. The SMILES string of the molecule is COc1nc(-c2ccnc(-c3cccc(Nc4nccc(CNCCCC(=O)O)c4F)c3Cl)c2Cl)ccc1CNC[C@H]1CCC(=O)N1. The number of rotatable bonds is 15. The zero-order valence-electron chi connectivity index (χ0n) is 25.6. The number of amides is 1. The Hall–Kier alpha value is -4.36. The van der Waals surface area contributed by atoms with Crippen LogP contribution < -0.4 is 26.0 Å². The lowest BCUT2D eigenvalue weighted by molar-refractivity contribution is -0.137. The summed E-state index contributed by atoms with van der Waals surface area (Å²) in [7, 11) is 1.55. The molecule has 1 aliphatic heterocycles. The molecule has 1 atom stereocenters. The number of nitrogens with one attached hydrogen (secondary N) is 4. The number of hydrogen-bond acceptors (Lipinski definition) is 9. The molecule has 246 valence electrons. The predicted octanol–water partition coefficient (Wildman–Crippen LogP) is 5.73. The van der Waals surface area contributed by atoms with Gasteiger partial charge in [-0.05, 0) is 43.7 Å². The number of nitrogens with zero attached hydrogens (tertiary/aromatic N) is 3. The summed E-state index contributed by atoms with van der Waals surface area (Å²) in [6.07, 6.45) is 4.92. The number of carboxylic acids is 1. The number of hydrogen-bond donors (Lipinski definition) is 5. The molecule has 0 spiro atoms. The number of aromatic nitrogens is 3. The summed E-state index contributed by atoms with van der Waals surface area (Å²) >= 11 is 13.8. The van der Waals surface area contributed by atoms with E-state index < -0.39 is 11.8 Å². The van der Waals surface area contributed by atoms with Crippen LogP contribution in [-0.2, 0) is 22.7 Å². The first-order chi connectivity index (χ1) is 22.7. The normalized spacial score (nSPS) is 14.2. The van der Waals surface area contributed by atoms with Crippen molar-refractivity contribution in [3.05, 3.63) is 81.8 Å². The van der Waals surface area contributed by atoms with Crippen molar-refractivity contribution in [3.8, 4) is 28.4 Å². The highest BCUT2D eigenvalue weighted by atomic mass is 35.5. The number of carbonyl (C=O) groups is 2. The molecular formula is C33H34Cl2FN7O4. The van der Waals surface area contributed by atoms with E-state index in [1.807, 2.05) is 12.1 Å². The molecule has 5 N–H and O–H groups in total. The fourth-order valence-electron chi connectivity index (χ4n) is 5.21. The third-order valence-corrected chi connectivity index (χ3v) is 8.41. The summed E-state index contributed by atoms with van der Waals surface area (Å²) in [6, 6.07) is 12.4. The number of benzene rings is 1. The van der Waals surface area contributed by atoms with Crippen LogP contribution in [0.3, 0.4) is 0 Å². The second-order valence-electron chi connectivity index (χ2n) is 10.9. The molecule has 14 heteroatoms. The Morgan fingerprint density at radius 3 is 2.62 bits per heavy atom. The first-order valence-electron chi connectivity index (χ1n) is 15.1. The molecule has 0 bridgehead atoms. The van der Waals surface area contributed by atoms with E-state index in [1.165, 1.54) is 6.20 Å². The molecule has 0 saturated carbocycles. The minimum Gasteiger partial charge on any atom is -0.481 e. The van der Waals surface area contributed by atoms with Crippen LogP contribution in [0.5, 0.6) is 5.88 Å². The van der Waals surface area contributed by atoms with Crippen molar-refractivity contribution < 1.29 is 23.8 Å². The van der Waals surface area contributed by atoms with Gasteiger partial charge < -0.3 is 31.1 Å². The zero-order chi connectivity index (χ0) is 33.3. The molecule has 1 aliphatic rings. The summed E-state index contributed by atoms with van der Waals surface area (Å²) in [5, 5.41) is 21.7. The van der Waals surface area contributed by atoms with E-state index in [0.717, 1.165) is 12.0 Å². The Bertz CT molecular complexity index is 1760. The summed E-state index contributed by atoms with van der Waals surface area (Å²) in [6.45, 7) is 1.80. The van der Waals surface area contributed by atoms with Crippen molar-refractivity contribution in [1.29, 1.82) is 0 Å². The molecule has 0 radical (unpaired) electrons. The van der Waals surface area contributed by atoms with Crippen LogP contribution in [0.15, 0.2) is 54.9 Å². The first-order valence-corrected chi connectivity index (χ1v) is 15.8.